The van der Waals surface area contributed by atoms with Crippen molar-refractivity contribution in [2.24, 2.45) is 0 Å². The van der Waals surface area contributed by atoms with Crippen LogP contribution in [0.15, 0.2) is 0 Å². The Bertz CT molecular complexity index is 206. The van der Waals surface area contributed by atoms with E-state index in [1.165, 1.54) is 18.9 Å². The van der Waals surface area contributed by atoms with Crippen molar-refractivity contribution in [3.63, 3.8) is 0 Å². The molecule has 14 heavy (non-hydrogen) atoms. The molecule has 7 nitrogen and oxygen atoms in total. The zero-order chi connectivity index (χ0) is 11.1. The number of carboxylic acids is 1. The highest BCUT2D eigenvalue weighted by Gasteiger charge is 2.10. The van der Waals surface area contributed by atoms with Crippen LogP contribution in [0.4, 0.5) is 4.79 Å². The number of hydrogen-bond acceptors (Lipinski definition) is 4. The molecule has 0 bridgehead atoms. The molecule has 7 heteroatoms. The van der Waals surface area contributed by atoms with Crippen LogP contribution in [0, 0.1) is 0 Å². The molecule has 82 valence electrons. The lowest BCUT2D eigenvalue weighted by atomic mass is 10.4. The molecular weight excluding hydrogens is 192 g/mol. The Morgan fingerprint density at radius 2 is 2.14 bits per heavy atom. The summed E-state index contributed by atoms with van der Waals surface area (Å²) in [6, 6.07) is -0.604. The average molecular weight is 206 g/mol. The number of likely N-dealkylation sites (N-methyl/N-ethyl adjacent to an activating group) is 1. The number of urea groups is 1. The standard InChI is InChI=1S/C7H14N2O5/c1-5(10)3-9(2)7(13)8-14-4-6(11)12/h5,10H,3-4H2,1-2H3,(H,8,13)(H,11,12). The zero-order valence-electron chi connectivity index (χ0n) is 8.06. The van der Waals surface area contributed by atoms with Crippen LogP contribution < -0.4 is 5.48 Å². The number of nitrogens with one attached hydrogen (secondary N) is 1. The molecule has 0 fully saturated rings. The van der Waals surface area contributed by atoms with Gasteiger partial charge in [0.2, 0.25) is 0 Å². The minimum Gasteiger partial charge on any atom is -0.479 e. The van der Waals surface area contributed by atoms with Gasteiger partial charge in [0.25, 0.3) is 0 Å². The first-order valence-electron chi connectivity index (χ1n) is 3.96. The Hall–Kier alpha value is -1.34. The van der Waals surface area contributed by atoms with E-state index in [-0.39, 0.29) is 6.54 Å². The van der Waals surface area contributed by atoms with Gasteiger partial charge >= 0.3 is 12.0 Å². The lowest BCUT2D eigenvalue weighted by Crippen LogP contribution is -2.41. The van der Waals surface area contributed by atoms with Gasteiger partial charge in [-0.3, -0.25) is 4.84 Å². The van der Waals surface area contributed by atoms with Crippen LogP contribution in [-0.4, -0.2) is 53.4 Å². The Morgan fingerprint density at radius 1 is 1.57 bits per heavy atom. The van der Waals surface area contributed by atoms with Gasteiger partial charge in [0.15, 0.2) is 6.61 Å². The van der Waals surface area contributed by atoms with Crippen molar-refractivity contribution < 1.29 is 24.6 Å². The molecule has 0 aliphatic carbocycles. The number of nitrogens with zero attached hydrogens (tertiary/aromatic N) is 1. The van der Waals surface area contributed by atoms with Gasteiger partial charge in [-0.1, -0.05) is 0 Å². The van der Waals surface area contributed by atoms with Gasteiger partial charge in [-0.2, -0.15) is 0 Å². The summed E-state index contributed by atoms with van der Waals surface area (Å²) >= 11 is 0. The summed E-state index contributed by atoms with van der Waals surface area (Å²) in [6.07, 6.45) is -0.648. The van der Waals surface area contributed by atoms with Crippen LogP contribution in [0.25, 0.3) is 0 Å². The van der Waals surface area contributed by atoms with Crippen LogP contribution >= 0.6 is 0 Å². The minimum absolute atomic E-state index is 0.141. The quantitative estimate of drug-likeness (QED) is 0.502. The normalized spacial score (nSPS) is 11.9. The summed E-state index contributed by atoms with van der Waals surface area (Å²) in [5, 5.41) is 17.1. The molecule has 3 N–H and O–H groups in total. The lowest BCUT2D eigenvalue weighted by Gasteiger charge is -2.18. The Kier molecular flexibility index (Phi) is 5.58. The number of aliphatic carboxylic acids is 1. The highest BCUT2D eigenvalue weighted by atomic mass is 16.7. The summed E-state index contributed by atoms with van der Waals surface area (Å²) in [7, 11) is 1.45. The second-order valence-electron chi connectivity index (χ2n) is 2.82. The molecule has 0 spiro atoms. The zero-order valence-corrected chi connectivity index (χ0v) is 8.06. The molecular formula is C7H14N2O5. The van der Waals surface area contributed by atoms with Crippen LogP contribution in [0.3, 0.4) is 0 Å². The number of carbonyl (C=O) groups is 2. The average Bonchev–Trinajstić information content (AvgIpc) is 2.01. The van der Waals surface area contributed by atoms with E-state index >= 15 is 0 Å². The fourth-order valence-electron chi connectivity index (χ4n) is 0.717. The molecule has 2 amide bonds. The van der Waals surface area contributed by atoms with E-state index in [9.17, 15) is 9.59 Å². The second-order valence-corrected chi connectivity index (χ2v) is 2.82. The number of carboxylic acid groups (broad SMARTS) is 1. The summed E-state index contributed by atoms with van der Waals surface area (Å²) in [6.45, 7) is 1.07. The van der Waals surface area contributed by atoms with Gasteiger partial charge in [-0.15, -0.1) is 0 Å². The summed E-state index contributed by atoms with van der Waals surface area (Å²) in [4.78, 5) is 26.6. The smallest absolute Gasteiger partial charge is 0.341 e. The molecule has 1 unspecified atom stereocenters. The molecule has 0 aliphatic heterocycles. The van der Waals surface area contributed by atoms with Crippen molar-refractivity contribution >= 4 is 12.0 Å². The van der Waals surface area contributed by atoms with Gasteiger partial charge in [-0.25, -0.2) is 15.1 Å². The van der Waals surface area contributed by atoms with Crippen LogP contribution in [0.2, 0.25) is 0 Å². The van der Waals surface area contributed by atoms with Gasteiger partial charge in [0, 0.05) is 13.6 Å². The monoisotopic (exact) mass is 206 g/mol. The lowest BCUT2D eigenvalue weighted by molar-refractivity contribution is -0.144. The van der Waals surface area contributed by atoms with Crippen molar-refractivity contribution in [3.8, 4) is 0 Å². The van der Waals surface area contributed by atoms with Gasteiger partial charge in [0.05, 0.1) is 6.10 Å². The van der Waals surface area contributed by atoms with Crippen molar-refractivity contribution in [1.29, 1.82) is 0 Å². The van der Waals surface area contributed by atoms with Crippen molar-refractivity contribution in [3.05, 3.63) is 0 Å². The molecule has 0 saturated carbocycles. The third-order valence-electron chi connectivity index (χ3n) is 1.24. The van der Waals surface area contributed by atoms with Crippen molar-refractivity contribution in [2.45, 2.75) is 13.0 Å². The fourth-order valence-corrected chi connectivity index (χ4v) is 0.717. The van der Waals surface area contributed by atoms with Crippen LogP contribution in [-0.2, 0) is 9.63 Å². The highest BCUT2D eigenvalue weighted by Crippen LogP contribution is 1.88. The largest absolute Gasteiger partial charge is 0.479 e. The van der Waals surface area contributed by atoms with E-state index in [0.717, 1.165) is 0 Å². The van der Waals surface area contributed by atoms with Crippen molar-refractivity contribution in [1.82, 2.24) is 10.4 Å². The number of rotatable bonds is 5. The number of hydroxylamine groups is 1. The predicted molar refractivity (Wildman–Crippen MR) is 46.4 cm³/mol. The van der Waals surface area contributed by atoms with Crippen LogP contribution in [0.5, 0.6) is 0 Å². The molecule has 0 aliphatic rings. The molecule has 0 rings (SSSR count). The van der Waals surface area contributed by atoms with Gasteiger partial charge in [0.1, 0.15) is 0 Å². The highest BCUT2D eigenvalue weighted by molar-refractivity contribution is 5.73. The van der Waals surface area contributed by atoms with E-state index < -0.39 is 24.7 Å². The molecule has 0 heterocycles. The minimum atomic E-state index is -1.18. The summed E-state index contributed by atoms with van der Waals surface area (Å²) in [5.41, 5.74) is 1.91. The Morgan fingerprint density at radius 3 is 2.57 bits per heavy atom. The number of aliphatic hydroxyl groups is 1. The SMILES string of the molecule is CC(O)CN(C)C(=O)NOCC(=O)O. The molecule has 0 saturated heterocycles. The van der Waals surface area contributed by atoms with E-state index in [1.807, 2.05) is 5.48 Å². The first kappa shape index (κ1) is 12.7. The maximum absolute atomic E-state index is 11.0. The molecule has 0 aromatic heterocycles. The van der Waals surface area contributed by atoms with E-state index in [1.54, 1.807) is 0 Å². The third-order valence-corrected chi connectivity index (χ3v) is 1.24. The maximum Gasteiger partial charge on any atom is 0.341 e. The second kappa shape index (κ2) is 6.17. The fraction of sp³-hybridized carbons (Fsp3) is 0.714. The molecule has 0 radical (unpaired) electrons. The third kappa shape index (κ3) is 6.21. The number of carbonyl (C=O) groups excluding carboxylic acids is 1. The topological polar surface area (TPSA) is 99.1 Å². The first-order valence-corrected chi connectivity index (χ1v) is 3.96. The number of hydrogen-bond donors (Lipinski definition) is 3. The van der Waals surface area contributed by atoms with E-state index in [0.29, 0.717) is 0 Å². The number of amides is 2. The maximum atomic E-state index is 11.0. The Balaban J connectivity index is 3.67. The van der Waals surface area contributed by atoms with E-state index in [2.05, 4.69) is 4.84 Å². The summed E-state index contributed by atoms with van der Waals surface area (Å²) < 4.78 is 0. The van der Waals surface area contributed by atoms with Gasteiger partial charge in [-0.05, 0) is 6.92 Å². The van der Waals surface area contributed by atoms with Gasteiger partial charge < -0.3 is 15.1 Å². The molecule has 0 aromatic rings. The predicted octanol–water partition coefficient (Wildman–Crippen LogP) is -0.975. The first-order chi connectivity index (χ1) is 6.43. The van der Waals surface area contributed by atoms with Crippen molar-refractivity contribution in [2.75, 3.05) is 20.2 Å². The molecule has 1 atom stereocenters. The molecule has 0 aromatic carbocycles. The Labute approximate surface area is 81.2 Å². The summed E-state index contributed by atoms with van der Waals surface area (Å²) in [5.74, 6) is -1.18. The number of aliphatic hydroxyl groups excluding tert-OH is 1. The van der Waals surface area contributed by atoms with E-state index in [4.69, 9.17) is 10.2 Å². The van der Waals surface area contributed by atoms with Crippen LogP contribution in [0.1, 0.15) is 6.92 Å².